The van der Waals surface area contributed by atoms with Crippen LogP contribution in [-0.4, -0.2) is 206 Å². The summed E-state index contributed by atoms with van der Waals surface area (Å²) in [7, 11) is 90.6. The summed E-state index contributed by atoms with van der Waals surface area (Å²) in [6, 6.07) is 0. The fourth-order valence-electron chi connectivity index (χ4n) is 4.38. The number of hydrogen-bond donors (Lipinski definition) is 1. The molecule has 0 saturated carbocycles. The van der Waals surface area contributed by atoms with Crippen molar-refractivity contribution in [2.75, 3.05) is 0 Å². The third-order valence-electron chi connectivity index (χ3n) is 5.79. The summed E-state index contributed by atoms with van der Waals surface area (Å²) in [5.74, 6) is 0. The number of halogens is 1. The smallest absolute Gasteiger partial charge is 0.129 e. The lowest BCUT2D eigenvalue weighted by atomic mass is 8.36. The molecule has 31 heteroatoms. The molecule has 1 N–H and O–H groups in total. The first-order chi connectivity index (χ1) is 14.5. The zero-order valence-corrected chi connectivity index (χ0v) is 19.7. The Bertz CT molecular complexity index is 453. The molecule has 31 heavy (non-hydrogen) atoms. The van der Waals surface area contributed by atoms with Gasteiger partial charge in [0.1, 0.15) is 8.04 Å². The second-order valence-electron chi connectivity index (χ2n) is 8.09. The van der Waals surface area contributed by atoms with E-state index in [9.17, 15) is 0 Å². The van der Waals surface area contributed by atoms with Crippen LogP contribution in [0.1, 0.15) is 0 Å². The van der Waals surface area contributed by atoms with Crippen LogP contribution in [0.4, 0.5) is 0 Å². The highest BCUT2D eigenvalue weighted by molar-refractivity contribution is 14.1. The average Bonchev–Trinajstić information content (AvgIpc) is 2.57. The molecule has 0 bridgehead atoms. The van der Waals surface area contributed by atoms with Gasteiger partial charge >= 0.3 is 0 Å². The van der Waals surface area contributed by atoms with Crippen LogP contribution in [-0.2, 0) is 0 Å². The van der Waals surface area contributed by atoms with Gasteiger partial charge in [0.2, 0.25) is 0 Å². The molecule has 0 aliphatic heterocycles. The van der Waals surface area contributed by atoms with Gasteiger partial charge in [-0.2, -0.15) is 0 Å². The molecule has 0 aromatic carbocycles. The Morgan fingerprint density at radius 1 is 0.419 bits per heavy atom. The maximum absolute atomic E-state index is 8.55. The molecule has 0 aliphatic carbocycles. The lowest BCUT2D eigenvalue weighted by Crippen LogP contribution is -2.87. The summed E-state index contributed by atoms with van der Waals surface area (Å²) in [5, 5.41) is 0. The molecular formula is HB29IN. The van der Waals surface area contributed by atoms with E-state index in [1.807, 2.05) is 0 Å². The Hall–Kier alpha value is 2.57. The van der Waals surface area contributed by atoms with Crippen molar-refractivity contribution in [3.8, 4) is 0 Å². The first-order valence-electron chi connectivity index (χ1n) is 10.2. The highest BCUT2D eigenvalue weighted by atomic mass is 127. The van der Waals surface area contributed by atoms with Crippen LogP contribution in [0, 0.1) is 0 Å². The summed E-state index contributed by atoms with van der Waals surface area (Å²) < 4.78 is 9.58. The predicted molar refractivity (Wildman–Crippen MR) is 184 cm³/mol. The monoisotopic (exact) mass is 463 g/mol. The molecule has 0 spiro atoms. The van der Waals surface area contributed by atoms with Crippen LogP contribution in [0.25, 0.3) is 0 Å². The molecule has 0 heterocycles. The van der Waals surface area contributed by atoms with Crippen molar-refractivity contribution in [3.05, 3.63) is 0 Å². The molecule has 0 aromatic heterocycles. The summed E-state index contributed by atoms with van der Waals surface area (Å²) in [4.78, 5) is 0. The Morgan fingerprint density at radius 2 is 0.677 bits per heavy atom. The van der Waals surface area contributed by atoms with Gasteiger partial charge in [0.25, 0.3) is 0 Å². The fourth-order valence-corrected chi connectivity index (χ4v) is 5.12. The van der Waals surface area contributed by atoms with E-state index in [1.165, 1.54) is 0 Å². The normalized spacial score (nSPS) is 10.2. The van der Waals surface area contributed by atoms with Crippen LogP contribution in [0.3, 0.4) is 0 Å². The Kier molecular flexibility index (Phi) is 15.9. The molecule has 0 saturated heterocycles. The molecular weight excluding hydrogens is 454 g/mol. The molecule has 0 rings (SSSR count). The van der Waals surface area contributed by atoms with E-state index in [4.69, 9.17) is 117 Å². The Morgan fingerprint density at radius 3 is 0.871 bits per heavy atom. The van der Waals surface area contributed by atoms with Crippen LogP contribution in [0.5, 0.6) is 0 Å². The molecule has 0 aliphatic rings. The summed E-state index contributed by atoms with van der Waals surface area (Å²) in [6.07, 6.45) is -13.1. The Balaban J connectivity index is 7.19. The van der Waals surface area contributed by atoms with Gasteiger partial charge in [-0.15, -0.1) is 0 Å². The van der Waals surface area contributed by atoms with Crippen LogP contribution >= 0.6 is 22.9 Å². The van der Waals surface area contributed by atoms with Gasteiger partial charge in [-0.3, -0.25) is 0 Å². The first kappa shape index (κ1) is 31.6. The van der Waals surface area contributed by atoms with E-state index in [-0.39, 0.29) is 0 Å². The van der Waals surface area contributed by atoms with Crippen molar-refractivity contribution in [1.29, 1.82) is 0 Å². The number of nitrogens with one attached hydrogen (secondary N) is 1. The largest absolute Gasteiger partial charge is 0.319 e. The zero-order chi connectivity index (χ0) is 25.7. The minimum atomic E-state index is -1.08. The van der Waals surface area contributed by atoms with Crippen molar-refractivity contribution >= 4 is 229 Å². The average molecular weight is 457 g/mol. The van der Waals surface area contributed by atoms with Crippen molar-refractivity contribution < 1.29 is 1.41 Å². The lowest BCUT2D eigenvalue weighted by molar-refractivity contribution is 1.79. The summed E-state index contributed by atoms with van der Waals surface area (Å²) >= 11 is 1.71. The van der Waals surface area contributed by atoms with E-state index in [2.05, 4.69) is 0 Å². The van der Waals surface area contributed by atoms with Crippen molar-refractivity contribution in [2.24, 2.45) is 0 Å². The van der Waals surface area contributed by atoms with E-state index in [0.717, 1.165) is 3.43 Å². The lowest BCUT2D eigenvalue weighted by Gasteiger charge is -2.47. The van der Waals surface area contributed by atoms with Crippen LogP contribution in [0.15, 0.2) is 0 Å². The third-order valence-corrected chi connectivity index (χ3v) is 6.43. The minimum Gasteiger partial charge on any atom is -0.319 e. The first-order valence-corrected chi connectivity index (χ1v) is 10.7. The topological polar surface area (TPSA) is 12.0 Å². The van der Waals surface area contributed by atoms with Crippen LogP contribution < -0.4 is 3.43 Å². The van der Waals surface area contributed by atoms with Gasteiger partial charge in [-0.1, -0.05) is 0 Å². The molecule has 30 radical (unpaired) electrons. The molecule has 0 atom stereocenters. The highest BCUT2D eigenvalue weighted by Crippen LogP contribution is 2.13. The maximum Gasteiger partial charge on any atom is 0.129 e. The van der Waals surface area contributed by atoms with Gasteiger partial charge in [0.15, 0.2) is 0 Å². The van der Waals surface area contributed by atoms with Gasteiger partial charge in [-0.25, -0.2) is 0 Å². The van der Waals surface area contributed by atoms with Crippen molar-refractivity contribution in [1.82, 2.24) is 3.43 Å². The van der Waals surface area contributed by atoms with E-state index >= 15 is 0 Å². The van der Waals surface area contributed by atoms with Crippen molar-refractivity contribution in [3.63, 3.8) is 0 Å². The standard InChI is InChI=1S/B29HIN/c1-16(2)23(15)27(24(17(3)4)18(5)6)29(31-30)28(25(19(7)8)20(9)10)26(21(11)12)22(13)14/h31H/i/hT. The fraction of sp³-hybridized carbons (Fsp3) is 0. The zero-order valence-electron chi connectivity index (χ0n) is 18.6. The van der Waals surface area contributed by atoms with E-state index in [1.54, 1.807) is 22.9 Å². The third kappa shape index (κ3) is 9.51. The quantitative estimate of drug-likeness (QED) is 0.155. The molecule has 0 amide bonds. The van der Waals surface area contributed by atoms with Gasteiger partial charge < -0.3 is 3.43 Å². The Labute approximate surface area is 231 Å². The minimum absolute atomic E-state index is 0.887. The molecule has 100 valence electrons. The summed E-state index contributed by atoms with van der Waals surface area (Å²) in [5.41, 5.74) is 0. The number of rotatable bonds is 14. The van der Waals surface area contributed by atoms with Gasteiger partial charge in [0.05, 0.1) is 0 Å². The SMILES string of the molecule is [3H]N(I)B(B(B([B])B([B])[B])B(B([B])[B])B([B])[B])B(B(B([B])[B])B([B])[B])B(B([B])[B])B([B])[B]. The second-order valence-corrected chi connectivity index (χ2v) is 8.65. The predicted octanol–water partition coefficient (Wildman–Crippen LogP) is -10.7. The van der Waals surface area contributed by atoms with E-state index in [0.29, 0.717) is 0 Å². The van der Waals surface area contributed by atoms with Gasteiger partial charge in [0, 0.05) is 222 Å². The maximum atomic E-state index is 8.55. The van der Waals surface area contributed by atoms with E-state index < -0.39 is 89.6 Å². The molecule has 0 unspecified atom stereocenters. The molecule has 0 fully saturated rings. The second kappa shape index (κ2) is 15.6. The molecule has 0 aromatic rings. The number of hydrogen-bond acceptors (Lipinski definition) is 1. The highest BCUT2D eigenvalue weighted by Gasteiger charge is 2.52. The summed E-state index contributed by atoms with van der Waals surface area (Å²) in [6.45, 7) is -0.988. The molecule has 1 nitrogen and oxygen atoms in total. The van der Waals surface area contributed by atoms with Crippen LogP contribution in [0.2, 0.25) is 1.41 Å². The van der Waals surface area contributed by atoms with Crippen molar-refractivity contribution in [2.45, 2.75) is 0 Å². The van der Waals surface area contributed by atoms with Gasteiger partial charge in [-0.05, 0) is 0 Å².